The molecule has 10 nitrogen and oxygen atoms in total. The first-order valence-electron chi connectivity index (χ1n) is 11.7. The molecular weight excluding hydrogens is 466 g/mol. The molecule has 0 bridgehead atoms. The van der Waals surface area contributed by atoms with Crippen LogP contribution in [0.25, 0.3) is 0 Å². The summed E-state index contributed by atoms with van der Waals surface area (Å²) in [6.45, 7) is 3.46. The van der Waals surface area contributed by atoms with Crippen molar-refractivity contribution in [3.8, 4) is 11.5 Å². The van der Waals surface area contributed by atoms with Crippen molar-refractivity contribution in [1.82, 2.24) is 10.4 Å². The van der Waals surface area contributed by atoms with Gasteiger partial charge < -0.3 is 19.5 Å². The SMILES string of the molecule is CCc1cccc(CC)c1NC(=O)COC(=O)[C@H]1CC(=O)N(NC(=O)c2cc(OC)cc(OC)c2)C1. The van der Waals surface area contributed by atoms with Crippen molar-refractivity contribution in [1.29, 1.82) is 0 Å². The van der Waals surface area contributed by atoms with Crippen LogP contribution in [-0.4, -0.2) is 56.1 Å². The fourth-order valence-corrected chi connectivity index (χ4v) is 3.93. The number of ether oxygens (including phenoxy) is 3. The van der Waals surface area contributed by atoms with Crippen LogP contribution in [0, 0.1) is 5.92 Å². The molecule has 10 heteroatoms. The van der Waals surface area contributed by atoms with Crippen molar-refractivity contribution < 1.29 is 33.4 Å². The number of esters is 1. The number of rotatable bonds is 10. The van der Waals surface area contributed by atoms with Crippen molar-refractivity contribution in [2.45, 2.75) is 33.1 Å². The second-order valence-corrected chi connectivity index (χ2v) is 8.26. The first kappa shape index (κ1) is 26.5. The van der Waals surface area contributed by atoms with E-state index in [2.05, 4.69) is 10.7 Å². The zero-order chi connectivity index (χ0) is 26.2. The predicted molar refractivity (Wildman–Crippen MR) is 132 cm³/mol. The molecule has 0 saturated carbocycles. The van der Waals surface area contributed by atoms with Gasteiger partial charge in [-0.2, -0.15) is 0 Å². The molecule has 3 amide bonds. The molecule has 3 rings (SSSR count). The molecular formula is C26H31N3O7. The number of aryl methyl sites for hydroxylation is 2. The van der Waals surface area contributed by atoms with Gasteiger partial charge in [-0.3, -0.25) is 29.6 Å². The van der Waals surface area contributed by atoms with Crippen molar-refractivity contribution in [2.75, 3.05) is 32.7 Å². The smallest absolute Gasteiger partial charge is 0.311 e. The number of para-hydroxylation sites is 1. The molecule has 1 fully saturated rings. The van der Waals surface area contributed by atoms with Gasteiger partial charge in [0, 0.05) is 23.7 Å². The average molecular weight is 498 g/mol. The van der Waals surface area contributed by atoms with E-state index in [0.29, 0.717) is 11.5 Å². The Labute approximate surface area is 209 Å². The Balaban J connectivity index is 1.55. The van der Waals surface area contributed by atoms with Crippen LogP contribution >= 0.6 is 0 Å². The van der Waals surface area contributed by atoms with E-state index in [9.17, 15) is 19.2 Å². The van der Waals surface area contributed by atoms with E-state index < -0.39 is 36.2 Å². The number of anilines is 1. The number of carbonyl (C=O) groups excluding carboxylic acids is 4. The van der Waals surface area contributed by atoms with Crippen LogP contribution in [0.3, 0.4) is 0 Å². The number of hydrogen-bond donors (Lipinski definition) is 2. The number of amides is 3. The van der Waals surface area contributed by atoms with Crippen LogP contribution in [0.5, 0.6) is 11.5 Å². The fourth-order valence-electron chi connectivity index (χ4n) is 3.93. The molecule has 192 valence electrons. The Kier molecular flexibility index (Phi) is 8.88. The van der Waals surface area contributed by atoms with Gasteiger partial charge in [0.1, 0.15) is 11.5 Å². The Morgan fingerprint density at radius 3 is 2.17 bits per heavy atom. The van der Waals surface area contributed by atoms with E-state index in [1.807, 2.05) is 32.0 Å². The summed E-state index contributed by atoms with van der Waals surface area (Å²) in [4.78, 5) is 50.1. The van der Waals surface area contributed by atoms with Crippen molar-refractivity contribution in [2.24, 2.45) is 5.92 Å². The summed E-state index contributed by atoms with van der Waals surface area (Å²) in [5.41, 5.74) is 5.45. The molecule has 0 aromatic heterocycles. The fraction of sp³-hybridized carbons (Fsp3) is 0.385. The molecule has 36 heavy (non-hydrogen) atoms. The van der Waals surface area contributed by atoms with E-state index in [-0.39, 0.29) is 18.5 Å². The highest BCUT2D eigenvalue weighted by molar-refractivity contribution is 5.97. The molecule has 1 aliphatic rings. The molecule has 2 aromatic carbocycles. The summed E-state index contributed by atoms with van der Waals surface area (Å²) in [7, 11) is 2.92. The first-order chi connectivity index (χ1) is 17.3. The lowest BCUT2D eigenvalue weighted by molar-refractivity contribution is -0.151. The molecule has 1 atom stereocenters. The molecule has 0 radical (unpaired) electrons. The van der Waals surface area contributed by atoms with E-state index in [1.54, 1.807) is 6.07 Å². The summed E-state index contributed by atoms with van der Waals surface area (Å²) >= 11 is 0. The van der Waals surface area contributed by atoms with Gasteiger partial charge >= 0.3 is 5.97 Å². The lowest BCUT2D eigenvalue weighted by Crippen LogP contribution is -2.43. The largest absolute Gasteiger partial charge is 0.497 e. The normalized spacial score (nSPS) is 14.8. The van der Waals surface area contributed by atoms with Gasteiger partial charge in [-0.25, -0.2) is 0 Å². The van der Waals surface area contributed by atoms with Gasteiger partial charge in [-0.05, 0) is 36.1 Å². The Morgan fingerprint density at radius 2 is 1.61 bits per heavy atom. The van der Waals surface area contributed by atoms with Crippen LogP contribution in [0.4, 0.5) is 5.69 Å². The number of hydrogen-bond acceptors (Lipinski definition) is 7. The molecule has 0 unspecified atom stereocenters. The highest BCUT2D eigenvalue weighted by atomic mass is 16.5. The van der Waals surface area contributed by atoms with E-state index in [4.69, 9.17) is 14.2 Å². The number of hydrazine groups is 1. The van der Waals surface area contributed by atoms with E-state index in [1.165, 1.54) is 26.4 Å². The zero-order valence-electron chi connectivity index (χ0n) is 20.9. The number of benzene rings is 2. The van der Waals surface area contributed by atoms with E-state index in [0.717, 1.165) is 34.7 Å². The van der Waals surface area contributed by atoms with Crippen molar-refractivity contribution >= 4 is 29.4 Å². The quantitative estimate of drug-likeness (QED) is 0.484. The van der Waals surface area contributed by atoms with Crippen molar-refractivity contribution in [3.63, 3.8) is 0 Å². The number of nitrogens with one attached hydrogen (secondary N) is 2. The molecule has 1 aliphatic heterocycles. The third-order valence-corrected chi connectivity index (χ3v) is 5.92. The third-order valence-electron chi connectivity index (χ3n) is 5.92. The predicted octanol–water partition coefficient (Wildman–Crippen LogP) is 2.50. The van der Waals surface area contributed by atoms with E-state index >= 15 is 0 Å². The summed E-state index contributed by atoms with van der Waals surface area (Å²) in [6.07, 6.45) is 1.36. The van der Waals surface area contributed by atoms with Gasteiger partial charge in [0.2, 0.25) is 5.91 Å². The van der Waals surface area contributed by atoms with Gasteiger partial charge in [-0.1, -0.05) is 32.0 Å². The van der Waals surface area contributed by atoms with Gasteiger partial charge in [-0.15, -0.1) is 0 Å². The van der Waals surface area contributed by atoms with Crippen LogP contribution in [0.2, 0.25) is 0 Å². The zero-order valence-corrected chi connectivity index (χ0v) is 20.9. The highest BCUT2D eigenvalue weighted by Gasteiger charge is 2.37. The molecule has 2 N–H and O–H groups in total. The first-order valence-corrected chi connectivity index (χ1v) is 11.7. The average Bonchev–Trinajstić information content (AvgIpc) is 3.26. The molecule has 0 spiro atoms. The lowest BCUT2D eigenvalue weighted by Gasteiger charge is -2.18. The summed E-state index contributed by atoms with van der Waals surface area (Å²) in [5, 5.41) is 3.91. The van der Waals surface area contributed by atoms with Crippen LogP contribution in [0.1, 0.15) is 41.8 Å². The number of methoxy groups -OCH3 is 2. The van der Waals surface area contributed by atoms with Crippen molar-refractivity contribution in [3.05, 3.63) is 53.1 Å². The maximum Gasteiger partial charge on any atom is 0.311 e. The Bertz CT molecular complexity index is 1100. The van der Waals surface area contributed by atoms with Gasteiger partial charge in [0.15, 0.2) is 6.61 Å². The summed E-state index contributed by atoms with van der Waals surface area (Å²) < 4.78 is 15.5. The summed E-state index contributed by atoms with van der Waals surface area (Å²) in [6, 6.07) is 10.4. The second kappa shape index (κ2) is 12.1. The highest BCUT2D eigenvalue weighted by Crippen LogP contribution is 2.24. The number of carbonyl (C=O) groups is 4. The third kappa shape index (κ3) is 6.32. The van der Waals surface area contributed by atoms with Gasteiger partial charge in [0.05, 0.1) is 26.7 Å². The standard InChI is InChI=1S/C26H31N3O7/c1-5-16-8-7-9-17(6-2)24(16)27-22(30)15-36-26(33)19-12-23(31)29(14-19)28-25(32)18-10-20(34-3)13-21(11-18)35-4/h7-11,13,19H,5-6,12,14-15H2,1-4H3,(H,27,30)(H,28,32)/t19-/m0/s1. The van der Waals surface area contributed by atoms with Crippen LogP contribution in [-0.2, 0) is 32.0 Å². The molecule has 1 saturated heterocycles. The monoisotopic (exact) mass is 497 g/mol. The lowest BCUT2D eigenvalue weighted by atomic mass is 10.0. The maximum absolute atomic E-state index is 12.7. The van der Waals surface area contributed by atoms with Crippen LogP contribution < -0.4 is 20.2 Å². The Hall–Kier alpha value is -4.08. The second-order valence-electron chi connectivity index (χ2n) is 8.26. The van der Waals surface area contributed by atoms with Crippen LogP contribution in [0.15, 0.2) is 36.4 Å². The maximum atomic E-state index is 12.7. The molecule has 1 heterocycles. The minimum Gasteiger partial charge on any atom is -0.497 e. The minimum atomic E-state index is -0.806. The topological polar surface area (TPSA) is 123 Å². The molecule has 0 aliphatic carbocycles. The Morgan fingerprint density at radius 1 is 1.00 bits per heavy atom. The minimum absolute atomic E-state index is 0.0647. The summed E-state index contributed by atoms with van der Waals surface area (Å²) in [5.74, 6) is -2.11. The number of nitrogens with zero attached hydrogens (tertiary/aromatic N) is 1. The molecule has 2 aromatic rings. The van der Waals surface area contributed by atoms with Gasteiger partial charge in [0.25, 0.3) is 11.8 Å².